The van der Waals surface area contributed by atoms with Crippen LogP contribution in [0.5, 0.6) is 5.75 Å². The molecule has 2 aromatic carbocycles. The molecule has 1 amide bonds. The highest BCUT2D eigenvalue weighted by Crippen LogP contribution is 2.24. The normalized spacial score (nSPS) is 10.9. The first kappa shape index (κ1) is 20.8. The number of halogens is 2. The molecule has 0 spiro atoms. The van der Waals surface area contributed by atoms with Gasteiger partial charge < -0.3 is 10.1 Å². The molecule has 0 saturated carbocycles. The number of benzene rings is 2. The second kappa shape index (κ2) is 8.37. The van der Waals surface area contributed by atoms with Crippen LogP contribution in [-0.2, 0) is 11.3 Å². The first-order chi connectivity index (χ1) is 14.9. The van der Waals surface area contributed by atoms with Crippen molar-refractivity contribution in [1.29, 1.82) is 0 Å². The fourth-order valence-electron chi connectivity index (χ4n) is 3.19. The average molecular weight is 460 g/mol. The number of carbonyl (C=O) groups excluding carboxylic acids is 1. The van der Waals surface area contributed by atoms with Crippen LogP contribution in [0.25, 0.3) is 15.9 Å². The minimum Gasteiger partial charge on any atom is -0.495 e. The zero-order valence-corrected chi connectivity index (χ0v) is 17.7. The van der Waals surface area contributed by atoms with Gasteiger partial charge in [0.15, 0.2) is 0 Å². The lowest BCUT2D eigenvalue weighted by atomic mass is 10.3. The Morgan fingerprint density at radius 2 is 1.97 bits per heavy atom. The molecule has 2 heterocycles. The zero-order valence-electron chi connectivity index (χ0n) is 16.1. The molecule has 4 rings (SSSR count). The number of amides is 1. The standard InChI is InChI=1S/C21H15ClFN3O4S/c1-30-17-5-3-2-4-15(17)26-20(28)19-16(8-9-31-19)25(21(26)29)11-18(27)24-14-10-12(23)6-7-13(14)22/h2-10H,11H2,1H3,(H,24,27). The van der Waals surface area contributed by atoms with E-state index in [4.69, 9.17) is 16.3 Å². The smallest absolute Gasteiger partial charge is 0.336 e. The van der Waals surface area contributed by atoms with E-state index < -0.39 is 29.5 Å². The van der Waals surface area contributed by atoms with Crippen LogP contribution in [0.15, 0.2) is 63.5 Å². The number of ether oxygens (including phenoxy) is 1. The van der Waals surface area contributed by atoms with Crippen LogP contribution in [0, 0.1) is 5.82 Å². The summed E-state index contributed by atoms with van der Waals surface area (Å²) in [4.78, 5) is 39.0. The molecule has 4 aromatic rings. The minimum absolute atomic E-state index is 0.0827. The molecule has 0 saturated heterocycles. The quantitative estimate of drug-likeness (QED) is 0.494. The van der Waals surface area contributed by atoms with E-state index >= 15 is 0 Å². The van der Waals surface area contributed by atoms with Crippen LogP contribution >= 0.6 is 22.9 Å². The van der Waals surface area contributed by atoms with Gasteiger partial charge in [0.25, 0.3) is 5.56 Å². The van der Waals surface area contributed by atoms with Crippen LogP contribution < -0.4 is 21.3 Å². The highest BCUT2D eigenvalue weighted by atomic mass is 35.5. The zero-order chi connectivity index (χ0) is 22.1. The van der Waals surface area contributed by atoms with Crippen molar-refractivity contribution in [3.8, 4) is 11.4 Å². The monoisotopic (exact) mass is 459 g/mol. The maximum Gasteiger partial charge on any atom is 0.336 e. The van der Waals surface area contributed by atoms with Gasteiger partial charge in [-0.05, 0) is 41.8 Å². The molecular weight excluding hydrogens is 445 g/mol. The molecule has 31 heavy (non-hydrogen) atoms. The molecule has 0 atom stereocenters. The van der Waals surface area contributed by atoms with Gasteiger partial charge in [-0.15, -0.1) is 11.3 Å². The third-order valence-corrected chi connectivity index (χ3v) is 5.81. The lowest BCUT2D eigenvalue weighted by molar-refractivity contribution is -0.116. The summed E-state index contributed by atoms with van der Waals surface area (Å²) < 4.78 is 21.3. The molecule has 0 radical (unpaired) electrons. The molecular formula is C21H15ClFN3O4S. The summed E-state index contributed by atoms with van der Waals surface area (Å²) >= 11 is 7.16. The topological polar surface area (TPSA) is 82.3 Å². The van der Waals surface area contributed by atoms with Crippen LogP contribution in [-0.4, -0.2) is 22.2 Å². The van der Waals surface area contributed by atoms with Crippen LogP contribution in [0.4, 0.5) is 10.1 Å². The number of methoxy groups -OCH3 is 1. The van der Waals surface area contributed by atoms with Gasteiger partial charge in [0.05, 0.1) is 29.0 Å². The molecule has 1 N–H and O–H groups in total. The molecule has 0 unspecified atom stereocenters. The van der Waals surface area contributed by atoms with Crippen LogP contribution in [0.2, 0.25) is 5.02 Å². The summed E-state index contributed by atoms with van der Waals surface area (Å²) in [6, 6.07) is 11.8. The Hall–Kier alpha value is -3.43. The maximum absolute atomic E-state index is 13.5. The fourth-order valence-corrected chi connectivity index (χ4v) is 4.18. The molecule has 0 fully saturated rings. The second-order valence-corrected chi connectivity index (χ2v) is 7.81. The molecule has 7 nitrogen and oxygen atoms in total. The third-order valence-electron chi connectivity index (χ3n) is 4.59. The Morgan fingerprint density at radius 3 is 2.74 bits per heavy atom. The minimum atomic E-state index is -0.708. The number of nitrogens with one attached hydrogen (secondary N) is 1. The number of aromatic nitrogens is 2. The molecule has 0 aliphatic rings. The largest absolute Gasteiger partial charge is 0.495 e. The maximum atomic E-state index is 13.5. The van der Waals surface area contributed by atoms with Crippen molar-refractivity contribution in [2.45, 2.75) is 6.54 Å². The van der Waals surface area contributed by atoms with Gasteiger partial charge in [-0.2, -0.15) is 0 Å². The summed E-state index contributed by atoms with van der Waals surface area (Å²) in [5.41, 5.74) is -0.547. The number of thiophene rings is 1. The van der Waals surface area contributed by atoms with Crippen molar-refractivity contribution in [1.82, 2.24) is 9.13 Å². The van der Waals surface area contributed by atoms with Gasteiger partial charge in [-0.3, -0.25) is 14.2 Å². The van der Waals surface area contributed by atoms with Crippen molar-refractivity contribution in [2.24, 2.45) is 0 Å². The van der Waals surface area contributed by atoms with E-state index in [0.29, 0.717) is 16.0 Å². The third kappa shape index (κ3) is 3.85. The van der Waals surface area contributed by atoms with Crippen molar-refractivity contribution in [3.05, 3.63) is 85.6 Å². The van der Waals surface area contributed by atoms with Gasteiger partial charge in [-0.1, -0.05) is 23.7 Å². The number of fused-ring (bicyclic) bond motifs is 1. The summed E-state index contributed by atoms with van der Waals surface area (Å²) in [7, 11) is 1.43. The van der Waals surface area contributed by atoms with E-state index in [9.17, 15) is 18.8 Å². The first-order valence-corrected chi connectivity index (χ1v) is 10.3. The predicted molar refractivity (Wildman–Crippen MR) is 118 cm³/mol. The summed E-state index contributed by atoms with van der Waals surface area (Å²) in [6.45, 7) is -0.408. The van der Waals surface area contributed by atoms with Crippen molar-refractivity contribution >= 4 is 44.7 Å². The molecule has 2 aromatic heterocycles. The fraction of sp³-hybridized carbons (Fsp3) is 0.0952. The number of hydrogen-bond acceptors (Lipinski definition) is 5. The Morgan fingerprint density at radius 1 is 1.19 bits per heavy atom. The van der Waals surface area contributed by atoms with Gasteiger partial charge in [0, 0.05) is 0 Å². The van der Waals surface area contributed by atoms with Crippen LogP contribution in [0.1, 0.15) is 0 Å². The number of nitrogens with zero attached hydrogens (tertiary/aromatic N) is 2. The van der Waals surface area contributed by atoms with E-state index in [-0.39, 0.29) is 16.4 Å². The van der Waals surface area contributed by atoms with E-state index in [2.05, 4.69) is 5.32 Å². The number of rotatable bonds is 5. The Bertz CT molecular complexity index is 1430. The van der Waals surface area contributed by atoms with Crippen LogP contribution in [0.3, 0.4) is 0 Å². The first-order valence-electron chi connectivity index (χ1n) is 9.02. The van der Waals surface area contributed by atoms with Gasteiger partial charge >= 0.3 is 5.69 Å². The van der Waals surface area contributed by atoms with Gasteiger partial charge in [-0.25, -0.2) is 13.8 Å². The lowest BCUT2D eigenvalue weighted by Crippen LogP contribution is -2.40. The Balaban J connectivity index is 1.82. The lowest BCUT2D eigenvalue weighted by Gasteiger charge is -2.14. The van der Waals surface area contributed by atoms with E-state index in [1.807, 2.05) is 0 Å². The molecule has 10 heteroatoms. The van der Waals surface area contributed by atoms with E-state index in [0.717, 1.165) is 22.0 Å². The van der Waals surface area contributed by atoms with Gasteiger partial charge in [0.2, 0.25) is 5.91 Å². The van der Waals surface area contributed by atoms with Gasteiger partial charge in [0.1, 0.15) is 22.8 Å². The summed E-state index contributed by atoms with van der Waals surface area (Å²) in [6.07, 6.45) is 0. The Kier molecular flexibility index (Phi) is 5.62. The number of carbonyl (C=O) groups is 1. The molecule has 158 valence electrons. The van der Waals surface area contributed by atoms with E-state index in [1.165, 1.54) is 23.8 Å². The summed E-state index contributed by atoms with van der Waals surface area (Å²) in [5, 5.41) is 4.32. The van der Waals surface area contributed by atoms with Crippen molar-refractivity contribution < 1.29 is 13.9 Å². The Labute approximate surface area is 183 Å². The summed E-state index contributed by atoms with van der Waals surface area (Å²) in [5.74, 6) is -0.839. The molecule has 0 aliphatic heterocycles. The van der Waals surface area contributed by atoms with E-state index in [1.54, 1.807) is 35.7 Å². The van der Waals surface area contributed by atoms with Crippen molar-refractivity contribution in [2.75, 3.05) is 12.4 Å². The highest BCUT2D eigenvalue weighted by Gasteiger charge is 2.19. The molecule has 0 aliphatic carbocycles. The second-order valence-electron chi connectivity index (χ2n) is 6.49. The average Bonchev–Trinajstić information content (AvgIpc) is 3.24. The van der Waals surface area contributed by atoms with Crippen molar-refractivity contribution in [3.63, 3.8) is 0 Å². The predicted octanol–water partition coefficient (Wildman–Crippen LogP) is 3.65. The number of para-hydroxylation sites is 2. The number of hydrogen-bond donors (Lipinski definition) is 1. The number of anilines is 1. The highest BCUT2D eigenvalue weighted by molar-refractivity contribution is 7.17. The molecule has 0 bridgehead atoms. The SMILES string of the molecule is COc1ccccc1-n1c(=O)c2sccc2n(CC(=O)Nc2cc(F)ccc2Cl)c1=O.